The minimum Gasteiger partial charge on any atom is -0.342 e. The van der Waals surface area contributed by atoms with Crippen molar-refractivity contribution in [1.82, 2.24) is 9.97 Å². The van der Waals surface area contributed by atoms with E-state index in [4.69, 9.17) is 28.2 Å². The van der Waals surface area contributed by atoms with Gasteiger partial charge in [-0.15, -0.1) is 11.8 Å². The number of aromatic amines is 1. The van der Waals surface area contributed by atoms with E-state index >= 15 is 0 Å². The molecule has 3 aromatic carbocycles. The molecule has 0 amide bonds. The van der Waals surface area contributed by atoms with Gasteiger partial charge in [0.25, 0.3) is 0 Å². The molecule has 1 N–H and O–H groups in total. The van der Waals surface area contributed by atoms with Gasteiger partial charge in [-0.3, -0.25) is 0 Å². The molecule has 0 aliphatic carbocycles. The van der Waals surface area contributed by atoms with Crippen LogP contribution in [0.25, 0.3) is 22.2 Å². The Hall–Kier alpha value is -1.94. The molecule has 1 heterocycles. The Balaban J connectivity index is 1.73. The molecule has 5 heteroatoms. The van der Waals surface area contributed by atoms with Crippen LogP contribution in [0.3, 0.4) is 0 Å². The van der Waals surface area contributed by atoms with Gasteiger partial charge in [0.05, 0.1) is 15.6 Å². The average Bonchev–Trinajstić information content (AvgIpc) is 3.12. The van der Waals surface area contributed by atoms with Crippen LogP contribution in [0.2, 0.25) is 10.0 Å². The van der Waals surface area contributed by atoms with Gasteiger partial charge in [-0.2, -0.15) is 0 Å². The standard InChI is InChI=1S/C25H24Cl2N2S/c1-4-30-17-11-9-16(10-12-17)13-22-28-21-14-20(26)23(24(27)25(21)29-22)19-8-6-5-7-18(19)15(2)3/h5-12,14-15H,4,13H2,1-3H3,(H,28,29). The summed E-state index contributed by atoms with van der Waals surface area (Å²) in [6.07, 6.45) is 0.720. The van der Waals surface area contributed by atoms with Gasteiger partial charge in [0.2, 0.25) is 0 Å². The minimum absolute atomic E-state index is 0.368. The fourth-order valence-electron chi connectivity index (χ4n) is 3.75. The number of H-pyrrole nitrogens is 1. The van der Waals surface area contributed by atoms with Crippen LogP contribution in [-0.4, -0.2) is 15.7 Å². The van der Waals surface area contributed by atoms with Crippen LogP contribution >= 0.6 is 35.0 Å². The number of hydrogen-bond acceptors (Lipinski definition) is 2. The number of halogens is 2. The smallest absolute Gasteiger partial charge is 0.111 e. The molecule has 0 bridgehead atoms. The van der Waals surface area contributed by atoms with Gasteiger partial charge in [-0.25, -0.2) is 4.98 Å². The molecule has 0 saturated carbocycles. The molecule has 0 fully saturated rings. The second-order valence-electron chi connectivity index (χ2n) is 7.62. The summed E-state index contributed by atoms with van der Waals surface area (Å²) in [6.45, 7) is 6.52. The van der Waals surface area contributed by atoms with E-state index in [-0.39, 0.29) is 0 Å². The molecule has 0 radical (unpaired) electrons. The summed E-state index contributed by atoms with van der Waals surface area (Å²) in [5.74, 6) is 2.32. The van der Waals surface area contributed by atoms with Crippen molar-refractivity contribution in [3.63, 3.8) is 0 Å². The summed E-state index contributed by atoms with van der Waals surface area (Å²) in [4.78, 5) is 9.50. The maximum Gasteiger partial charge on any atom is 0.111 e. The Morgan fingerprint density at radius 2 is 1.77 bits per heavy atom. The first-order chi connectivity index (χ1) is 14.5. The van der Waals surface area contributed by atoms with Gasteiger partial charge >= 0.3 is 0 Å². The van der Waals surface area contributed by atoms with Crippen molar-refractivity contribution in [1.29, 1.82) is 0 Å². The number of benzene rings is 3. The van der Waals surface area contributed by atoms with Crippen LogP contribution < -0.4 is 0 Å². The van der Waals surface area contributed by atoms with Crippen LogP contribution in [0.15, 0.2) is 59.5 Å². The number of aromatic nitrogens is 2. The Morgan fingerprint density at radius 3 is 2.47 bits per heavy atom. The molecular formula is C25H24Cl2N2S. The molecule has 0 atom stereocenters. The molecule has 4 rings (SSSR count). The largest absolute Gasteiger partial charge is 0.342 e. The first-order valence-corrected chi connectivity index (χ1v) is 11.9. The van der Waals surface area contributed by atoms with Gasteiger partial charge in [-0.05, 0) is 46.6 Å². The fourth-order valence-corrected chi connectivity index (χ4v) is 5.12. The van der Waals surface area contributed by atoms with E-state index in [1.165, 1.54) is 16.0 Å². The lowest BCUT2D eigenvalue weighted by atomic mass is 9.92. The van der Waals surface area contributed by atoms with Crippen molar-refractivity contribution >= 4 is 46.0 Å². The highest BCUT2D eigenvalue weighted by Crippen LogP contribution is 2.42. The van der Waals surface area contributed by atoms with Crippen LogP contribution in [-0.2, 0) is 6.42 Å². The molecular weight excluding hydrogens is 431 g/mol. The zero-order chi connectivity index (χ0) is 21.3. The molecule has 4 aromatic rings. The second kappa shape index (κ2) is 9.05. The number of nitrogens with zero attached hydrogens (tertiary/aromatic N) is 1. The van der Waals surface area contributed by atoms with E-state index in [1.54, 1.807) is 0 Å². The molecule has 0 aliphatic rings. The molecule has 1 aromatic heterocycles. The first-order valence-electron chi connectivity index (χ1n) is 10.2. The lowest BCUT2D eigenvalue weighted by Crippen LogP contribution is -1.94. The van der Waals surface area contributed by atoms with Crippen molar-refractivity contribution in [2.75, 3.05) is 5.75 Å². The van der Waals surface area contributed by atoms with Crippen molar-refractivity contribution < 1.29 is 0 Å². The predicted molar refractivity (Wildman–Crippen MR) is 131 cm³/mol. The molecule has 154 valence electrons. The monoisotopic (exact) mass is 454 g/mol. The van der Waals surface area contributed by atoms with Crippen LogP contribution in [0, 0.1) is 0 Å². The summed E-state index contributed by atoms with van der Waals surface area (Å²) >= 11 is 15.4. The lowest BCUT2D eigenvalue weighted by Gasteiger charge is -2.15. The molecule has 0 aliphatic heterocycles. The molecule has 0 spiro atoms. The lowest BCUT2D eigenvalue weighted by molar-refractivity contribution is 0.869. The molecule has 0 saturated heterocycles. The Bertz CT molecular complexity index is 1180. The van der Waals surface area contributed by atoms with Crippen molar-refractivity contribution in [3.05, 3.63) is 81.6 Å². The SMILES string of the molecule is CCSc1ccc(Cc2nc3c(Cl)c(-c4ccccc4C(C)C)c(Cl)cc3[nH]2)cc1. The third-order valence-corrected chi connectivity index (χ3v) is 6.74. The number of thioether (sulfide) groups is 1. The van der Waals surface area contributed by atoms with Crippen LogP contribution in [0.4, 0.5) is 0 Å². The van der Waals surface area contributed by atoms with E-state index in [0.29, 0.717) is 16.0 Å². The summed E-state index contributed by atoms with van der Waals surface area (Å²) in [7, 11) is 0. The maximum absolute atomic E-state index is 6.86. The second-order valence-corrected chi connectivity index (χ2v) is 9.75. The maximum atomic E-state index is 6.86. The Kier molecular flexibility index (Phi) is 6.43. The predicted octanol–water partition coefficient (Wildman–Crippen LogP) is 8.36. The summed E-state index contributed by atoms with van der Waals surface area (Å²) in [5, 5.41) is 1.24. The quantitative estimate of drug-likeness (QED) is 0.296. The number of imidazole rings is 1. The van der Waals surface area contributed by atoms with Gasteiger partial charge in [-0.1, -0.05) is 80.4 Å². The van der Waals surface area contributed by atoms with E-state index in [0.717, 1.165) is 40.2 Å². The number of fused-ring (bicyclic) bond motifs is 1. The molecule has 30 heavy (non-hydrogen) atoms. The van der Waals surface area contributed by atoms with Gasteiger partial charge in [0.15, 0.2) is 0 Å². The molecule has 0 unspecified atom stereocenters. The third kappa shape index (κ3) is 4.25. The van der Waals surface area contributed by atoms with Gasteiger partial charge < -0.3 is 4.98 Å². The summed E-state index contributed by atoms with van der Waals surface area (Å²) in [5.41, 5.74) is 5.99. The highest BCUT2D eigenvalue weighted by Gasteiger charge is 2.19. The average molecular weight is 455 g/mol. The fraction of sp³-hybridized carbons (Fsp3) is 0.240. The van der Waals surface area contributed by atoms with Crippen molar-refractivity contribution in [2.24, 2.45) is 0 Å². The summed E-state index contributed by atoms with van der Waals surface area (Å²) in [6, 6.07) is 18.9. The Morgan fingerprint density at radius 1 is 1.03 bits per heavy atom. The summed E-state index contributed by atoms with van der Waals surface area (Å²) < 4.78 is 0. The number of rotatable bonds is 6. The normalized spacial score (nSPS) is 11.5. The number of hydrogen-bond donors (Lipinski definition) is 1. The first kappa shape index (κ1) is 21.3. The van der Waals surface area contributed by atoms with E-state index in [9.17, 15) is 0 Å². The van der Waals surface area contributed by atoms with Gasteiger partial charge in [0, 0.05) is 16.9 Å². The van der Waals surface area contributed by atoms with Crippen LogP contribution in [0.1, 0.15) is 43.6 Å². The molecule has 2 nitrogen and oxygen atoms in total. The van der Waals surface area contributed by atoms with Crippen molar-refractivity contribution in [2.45, 2.75) is 38.0 Å². The zero-order valence-electron chi connectivity index (χ0n) is 17.3. The topological polar surface area (TPSA) is 28.7 Å². The Labute approximate surface area is 192 Å². The highest BCUT2D eigenvalue weighted by molar-refractivity contribution is 7.99. The van der Waals surface area contributed by atoms with E-state index in [1.807, 2.05) is 23.9 Å². The van der Waals surface area contributed by atoms with Crippen molar-refractivity contribution in [3.8, 4) is 11.1 Å². The van der Waals surface area contributed by atoms with E-state index in [2.05, 4.69) is 68.2 Å². The zero-order valence-corrected chi connectivity index (χ0v) is 19.6. The highest BCUT2D eigenvalue weighted by atomic mass is 35.5. The number of nitrogens with one attached hydrogen (secondary N) is 1. The minimum atomic E-state index is 0.368. The van der Waals surface area contributed by atoms with Crippen LogP contribution in [0.5, 0.6) is 0 Å². The van der Waals surface area contributed by atoms with Gasteiger partial charge in [0.1, 0.15) is 11.3 Å². The third-order valence-electron chi connectivity index (χ3n) is 5.18. The van der Waals surface area contributed by atoms with E-state index < -0.39 is 0 Å².